The van der Waals surface area contributed by atoms with Crippen LogP contribution in [0.25, 0.3) is 0 Å². The molecule has 3 fully saturated rings. The van der Waals surface area contributed by atoms with Crippen molar-refractivity contribution in [2.45, 2.75) is 63.5 Å². The van der Waals surface area contributed by atoms with Gasteiger partial charge in [-0.3, -0.25) is 4.90 Å². The number of nitrogens with one attached hydrogen (secondary N) is 1. The molecule has 2 saturated carbocycles. The van der Waals surface area contributed by atoms with Crippen LogP contribution < -0.4 is 5.32 Å². The molecule has 1 N–H and O–H groups in total. The van der Waals surface area contributed by atoms with E-state index in [-0.39, 0.29) is 6.54 Å². The lowest BCUT2D eigenvalue weighted by Gasteiger charge is -2.45. The van der Waals surface area contributed by atoms with E-state index in [1.807, 2.05) is 0 Å². The number of alkyl halides is 2. The van der Waals surface area contributed by atoms with Crippen LogP contribution in [0.15, 0.2) is 0 Å². The van der Waals surface area contributed by atoms with Crippen LogP contribution in [0.5, 0.6) is 0 Å². The molecule has 0 aromatic rings. The molecule has 2 nitrogen and oxygen atoms in total. The zero-order chi connectivity index (χ0) is 13.2. The Bertz CT molecular complexity index is 288. The molecule has 19 heavy (non-hydrogen) atoms. The highest BCUT2D eigenvalue weighted by atomic mass is 19.3. The van der Waals surface area contributed by atoms with Crippen LogP contribution in [-0.4, -0.2) is 43.0 Å². The molecule has 2 aliphatic carbocycles. The molecule has 1 aliphatic heterocycles. The summed E-state index contributed by atoms with van der Waals surface area (Å²) in [6.07, 6.45) is 6.76. The van der Waals surface area contributed by atoms with Gasteiger partial charge in [-0.15, -0.1) is 0 Å². The number of nitrogens with zero attached hydrogens (tertiary/aromatic N) is 1. The fourth-order valence-corrected chi connectivity index (χ4v) is 4.04. The standard InChI is InChI=1S/C15H26F2N2/c16-15(17)10-19-9-13(11-6-7-11)18-8-14(19)12-4-2-1-3-5-12/h11-15,18H,1-10H2. The van der Waals surface area contributed by atoms with Crippen molar-refractivity contribution in [2.75, 3.05) is 19.6 Å². The third-order valence-corrected chi connectivity index (χ3v) is 5.25. The normalized spacial score (nSPS) is 34.9. The maximum absolute atomic E-state index is 12.8. The third-order valence-electron chi connectivity index (χ3n) is 5.25. The van der Waals surface area contributed by atoms with E-state index in [0.29, 0.717) is 18.0 Å². The number of halogens is 2. The van der Waals surface area contributed by atoms with E-state index < -0.39 is 6.43 Å². The topological polar surface area (TPSA) is 15.3 Å². The number of hydrogen-bond acceptors (Lipinski definition) is 2. The van der Waals surface area contributed by atoms with Gasteiger partial charge < -0.3 is 5.32 Å². The SMILES string of the molecule is FC(F)CN1CC(C2CC2)NCC1C1CCCCC1. The van der Waals surface area contributed by atoms with Crippen molar-refractivity contribution in [3.05, 3.63) is 0 Å². The molecule has 3 rings (SSSR count). The highest BCUT2D eigenvalue weighted by molar-refractivity contribution is 4.96. The molecule has 2 atom stereocenters. The van der Waals surface area contributed by atoms with Crippen LogP contribution in [0.3, 0.4) is 0 Å². The molecule has 0 amide bonds. The van der Waals surface area contributed by atoms with Crippen molar-refractivity contribution in [1.82, 2.24) is 10.2 Å². The van der Waals surface area contributed by atoms with Crippen LogP contribution in [0, 0.1) is 11.8 Å². The Kier molecular flexibility index (Phi) is 4.37. The minimum atomic E-state index is -2.19. The molecule has 0 aromatic carbocycles. The fraction of sp³-hybridized carbons (Fsp3) is 1.00. The van der Waals surface area contributed by atoms with Gasteiger partial charge in [-0.25, -0.2) is 8.78 Å². The highest BCUT2D eigenvalue weighted by Crippen LogP contribution is 2.36. The van der Waals surface area contributed by atoms with Crippen LogP contribution in [0.1, 0.15) is 44.9 Å². The average molecular weight is 272 g/mol. The van der Waals surface area contributed by atoms with Crippen molar-refractivity contribution in [3.8, 4) is 0 Å². The minimum absolute atomic E-state index is 0.0218. The Morgan fingerprint density at radius 2 is 1.74 bits per heavy atom. The zero-order valence-electron chi connectivity index (χ0n) is 11.7. The van der Waals surface area contributed by atoms with E-state index in [1.165, 1.54) is 44.9 Å². The molecule has 4 heteroatoms. The second-order valence-electron chi connectivity index (χ2n) is 6.66. The molecule has 0 aromatic heterocycles. The predicted molar refractivity (Wildman–Crippen MR) is 72.5 cm³/mol. The third kappa shape index (κ3) is 3.46. The zero-order valence-corrected chi connectivity index (χ0v) is 11.7. The molecule has 110 valence electrons. The number of rotatable bonds is 4. The molecule has 1 saturated heterocycles. The average Bonchev–Trinajstić information content (AvgIpc) is 3.23. The summed E-state index contributed by atoms with van der Waals surface area (Å²) in [4.78, 5) is 2.11. The summed E-state index contributed by atoms with van der Waals surface area (Å²) >= 11 is 0. The van der Waals surface area contributed by atoms with Gasteiger partial charge in [0.15, 0.2) is 0 Å². The van der Waals surface area contributed by atoms with Crippen molar-refractivity contribution < 1.29 is 8.78 Å². The monoisotopic (exact) mass is 272 g/mol. The van der Waals surface area contributed by atoms with Gasteiger partial charge in [-0.1, -0.05) is 19.3 Å². The van der Waals surface area contributed by atoms with Crippen molar-refractivity contribution >= 4 is 0 Å². The smallest absolute Gasteiger partial charge is 0.251 e. The maximum Gasteiger partial charge on any atom is 0.251 e. The summed E-state index contributed by atoms with van der Waals surface area (Å²) in [6.45, 7) is 1.75. The summed E-state index contributed by atoms with van der Waals surface area (Å²) in [7, 11) is 0. The van der Waals surface area contributed by atoms with Gasteiger partial charge in [-0.2, -0.15) is 0 Å². The molecule has 3 aliphatic rings. The summed E-state index contributed by atoms with van der Waals surface area (Å²) < 4.78 is 25.7. The number of piperazine rings is 1. The number of hydrogen-bond donors (Lipinski definition) is 1. The van der Waals surface area contributed by atoms with Crippen molar-refractivity contribution in [1.29, 1.82) is 0 Å². The highest BCUT2D eigenvalue weighted by Gasteiger charge is 2.40. The largest absolute Gasteiger partial charge is 0.311 e. The lowest BCUT2D eigenvalue weighted by molar-refractivity contribution is 0.0134. The van der Waals surface area contributed by atoms with Gasteiger partial charge >= 0.3 is 0 Å². The first-order valence-corrected chi connectivity index (χ1v) is 7.99. The van der Waals surface area contributed by atoms with Crippen LogP contribution in [-0.2, 0) is 0 Å². The van der Waals surface area contributed by atoms with Crippen LogP contribution in [0.4, 0.5) is 8.78 Å². The second-order valence-corrected chi connectivity index (χ2v) is 6.66. The summed E-state index contributed by atoms with van der Waals surface area (Å²) in [5.41, 5.74) is 0. The minimum Gasteiger partial charge on any atom is -0.311 e. The Hall–Kier alpha value is -0.220. The van der Waals surface area contributed by atoms with Gasteiger partial charge in [0.25, 0.3) is 6.43 Å². The Labute approximate surface area is 114 Å². The molecule has 0 bridgehead atoms. The fourth-order valence-electron chi connectivity index (χ4n) is 4.04. The van der Waals surface area contributed by atoms with Gasteiger partial charge in [0.05, 0.1) is 6.54 Å². The molecule has 0 spiro atoms. The first-order chi connectivity index (χ1) is 9.24. The molecular formula is C15H26F2N2. The van der Waals surface area contributed by atoms with Gasteiger partial charge in [0.2, 0.25) is 0 Å². The van der Waals surface area contributed by atoms with Crippen molar-refractivity contribution in [2.24, 2.45) is 11.8 Å². The van der Waals surface area contributed by atoms with E-state index in [4.69, 9.17) is 0 Å². The second kappa shape index (κ2) is 6.04. The van der Waals surface area contributed by atoms with E-state index in [1.54, 1.807) is 0 Å². The molecule has 2 unspecified atom stereocenters. The quantitative estimate of drug-likeness (QED) is 0.846. The lowest BCUT2D eigenvalue weighted by Crippen LogP contribution is -2.60. The van der Waals surface area contributed by atoms with E-state index >= 15 is 0 Å². The summed E-state index contributed by atoms with van der Waals surface area (Å²) in [5, 5.41) is 3.65. The molecule has 1 heterocycles. The van der Waals surface area contributed by atoms with Gasteiger partial charge in [-0.05, 0) is 37.5 Å². The van der Waals surface area contributed by atoms with E-state index in [9.17, 15) is 8.78 Å². The van der Waals surface area contributed by atoms with E-state index in [2.05, 4.69) is 10.2 Å². The molecule has 0 radical (unpaired) electrons. The van der Waals surface area contributed by atoms with Crippen LogP contribution >= 0.6 is 0 Å². The van der Waals surface area contributed by atoms with Crippen LogP contribution in [0.2, 0.25) is 0 Å². The van der Waals surface area contributed by atoms with Gasteiger partial charge in [0, 0.05) is 25.2 Å². The Morgan fingerprint density at radius 3 is 2.37 bits per heavy atom. The first kappa shape index (κ1) is 13.7. The van der Waals surface area contributed by atoms with E-state index in [0.717, 1.165) is 19.0 Å². The van der Waals surface area contributed by atoms with Gasteiger partial charge in [0.1, 0.15) is 0 Å². The summed E-state index contributed by atoms with van der Waals surface area (Å²) in [5.74, 6) is 1.40. The Balaban J connectivity index is 1.62. The predicted octanol–water partition coefficient (Wildman–Crippen LogP) is 2.88. The first-order valence-electron chi connectivity index (χ1n) is 7.99. The Morgan fingerprint density at radius 1 is 1.00 bits per heavy atom. The molecular weight excluding hydrogens is 246 g/mol. The van der Waals surface area contributed by atoms with Crippen molar-refractivity contribution in [3.63, 3.8) is 0 Å². The summed E-state index contributed by atoms with van der Waals surface area (Å²) in [6, 6.07) is 0.822. The lowest BCUT2D eigenvalue weighted by atomic mass is 9.82. The maximum atomic E-state index is 12.8.